The van der Waals surface area contributed by atoms with E-state index < -0.39 is 0 Å². The molecule has 0 saturated heterocycles. The first-order valence-corrected chi connectivity index (χ1v) is 12.2. The summed E-state index contributed by atoms with van der Waals surface area (Å²) in [7, 11) is 0. The van der Waals surface area contributed by atoms with Crippen LogP contribution in [-0.2, 0) is 25.7 Å². The Morgan fingerprint density at radius 2 is 1.00 bits per heavy atom. The average molecular weight is 449 g/mol. The van der Waals surface area contributed by atoms with Gasteiger partial charge in [-0.25, -0.2) is 0 Å². The molecule has 0 spiro atoms. The fourth-order valence-corrected chi connectivity index (χ4v) is 4.12. The van der Waals surface area contributed by atoms with Crippen LogP contribution in [0.3, 0.4) is 0 Å². The van der Waals surface area contributed by atoms with Crippen LogP contribution >= 0.6 is 23.5 Å². The quantitative estimate of drug-likeness (QED) is 0.580. The molecule has 1 aliphatic rings. The first kappa shape index (κ1) is 24.6. The van der Waals surface area contributed by atoms with Crippen molar-refractivity contribution >= 4 is 23.5 Å². The summed E-state index contributed by atoms with van der Waals surface area (Å²) in [6, 6.07) is 4.05. The van der Waals surface area contributed by atoms with E-state index in [-0.39, 0.29) is 13.2 Å². The Labute approximate surface area is 181 Å². The molecular formula is C20H32O7S2. The third kappa shape index (κ3) is 10.3. The van der Waals surface area contributed by atoms with Gasteiger partial charge in [0, 0.05) is 23.0 Å². The van der Waals surface area contributed by atoms with Crippen molar-refractivity contribution in [2.24, 2.45) is 0 Å². The second kappa shape index (κ2) is 16.1. The van der Waals surface area contributed by atoms with Crippen LogP contribution in [0.1, 0.15) is 11.1 Å². The van der Waals surface area contributed by atoms with Gasteiger partial charge in [-0.2, -0.15) is 23.5 Å². The number of benzene rings is 1. The maximum absolute atomic E-state index is 9.09. The Hall–Kier alpha value is -0.680. The number of aliphatic hydroxyl groups is 2. The molecule has 1 aromatic carbocycles. The third-order valence-electron chi connectivity index (χ3n) is 3.97. The zero-order valence-corrected chi connectivity index (χ0v) is 18.4. The Kier molecular flexibility index (Phi) is 13.6. The third-order valence-corrected chi connectivity index (χ3v) is 5.94. The number of hydrogen-bond acceptors (Lipinski definition) is 9. The molecule has 0 aromatic heterocycles. The minimum atomic E-state index is 0.158. The van der Waals surface area contributed by atoms with Crippen LogP contribution < -0.4 is 9.47 Å². The molecule has 9 heteroatoms. The molecule has 2 rings (SSSR count). The summed E-state index contributed by atoms with van der Waals surface area (Å²) in [6.45, 7) is 4.24. The van der Waals surface area contributed by atoms with Crippen LogP contribution in [0.2, 0.25) is 0 Å². The number of rotatable bonds is 8. The van der Waals surface area contributed by atoms with Crippen LogP contribution in [0, 0.1) is 0 Å². The fraction of sp³-hybridized carbons (Fsp3) is 0.700. The summed E-state index contributed by atoms with van der Waals surface area (Å²) in [4.78, 5) is 0. The summed E-state index contributed by atoms with van der Waals surface area (Å²) < 4.78 is 28.4. The summed E-state index contributed by atoms with van der Waals surface area (Å²) in [5, 5.41) is 18.2. The van der Waals surface area contributed by atoms with Gasteiger partial charge in [-0.3, -0.25) is 0 Å². The largest absolute Gasteiger partial charge is 0.487 e. The van der Waals surface area contributed by atoms with Crippen molar-refractivity contribution in [1.82, 2.24) is 0 Å². The first-order valence-electron chi connectivity index (χ1n) is 9.87. The number of ether oxygens (including phenoxy) is 5. The smallest absolute Gasteiger partial charge is 0.161 e. The van der Waals surface area contributed by atoms with Gasteiger partial charge in [0.1, 0.15) is 13.2 Å². The second-order valence-electron chi connectivity index (χ2n) is 6.15. The minimum Gasteiger partial charge on any atom is -0.487 e. The van der Waals surface area contributed by atoms with Gasteiger partial charge in [-0.15, -0.1) is 0 Å². The summed E-state index contributed by atoms with van der Waals surface area (Å²) in [5.74, 6) is 4.31. The van der Waals surface area contributed by atoms with Gasteiger partial charge < -0.3 is 33.9 Å². The molecule has 166 valence electrons. The zero-order valence-electron chi connectivity index (χ0n) is 16.8. The van der Waals surface area contributed by atoms with Crippen LogP contribution in [0.15, 0.2) is 12.1 Å². The monoisotopic (exact) mass is 448 g/mol. The molecule has 1 heterocycles. The topological polar surface area (TPSA) is 86.6 Å². The molecule has 0 amide bonds. The Balaban J connectivity index is 2.13. The van der Waals surface area contributed by atoms with E-state index in [1.54, 1.807) is 23.5 Å². The molecule has 7 nitrogen and oxygen atoms in total. The molecular weight excluding hydrogens is 416 g/mol. The van der Waals surface area contributed by atoms with Gasteiger partial charge >= 0.3 is 0 Å². The van der Waals surface area contributed by atoms with Crippen molar-refractivity contribution in [3.63, 3.8) is 0 Å². The first-order chi connectivity index (χ1) is 14.3. The molecule has 2 N–H and O–H groups in total. The zero-order chi connectivity index (χ0) is 20.6. The highest BCUT2D eigenvalue weighted by Crippen LogP contribution is 2.34. The molecule has 0 aliphatic carbocycles. The van der Waals surface area contributed by atoms with Gasteiger partial charge in [-0.05, 0) is 23.3 Å². The minimum absolute atomic E-state index is 0.158. The SMILES string of the molecule is OCCSCc1cc2c(cc1CSCCO)OCCOCCOCCOCCO2. The normalized spacial score (nSPS) is 16.8. The van der Waals surface area contributed by atoms with E-state index >= 15 is 0 Å². The van der Waals surface area contributed by atoms with Crippen LogP contribution in [-0.4, -0.2) is 87.8 Å². The molecule has 0 fully saturated rings. The number of fused-ring (bicyclic) bond motifs is 1. The van der Waals surface area contributed by atoms with Crippen molar-refractivity contribution in [3.05, 3.63) is 23.3 Å². The maximum atomic E-state index is 9.09. The summed E-state index contributed by atoms with van der Waals surface area (Å²) in [5.41, 5.74) is 2.31. The number of hydrogen-bond donors (Lipinski definition) is 2. The summed E-state index contributed by atoms with van der Waals surface area (Å²) >= 11 is 3.35. The van der Waals surface area contributed by atoms with E-state index in [0.717, 1.165) is 22.6 Å². The van der Waals surface area contributed by atoms with Crippen molar-refractivity contribution in [2.45, 2.75) is 11.5 Å². The van der Waals surface area contributed by atoms with E-state index in [2.05, 4.69) is 0 Å². The molecule has 0 atom stereocenters. The van der Waals surface area contributed by atoms with Crippen molar-refractivity contribution < 1.29 is 33.9 Å². The molecule has 1 aromatic rings. The van der Waals surface area contributed by atoms with E-state index in [1.807, 2.05) is 12.1 Å². The van der Waals surface area contributed by atoms with Gasteiger partial charge in [0.05, 0.1) is 52.9 Å². The van der Waals surface area contributed by atoms with E-state index in [1.165, 1.54) is 0 Å². The Bertz CT molecular complexity index is 513. The van der Waals surface area contributed by atoms with Gasteiger partial charge in [0.15, 0.2) is 11.5 Å². The standard InChI is InChI=1S/C20H32O7S2/c21-1-11-28-15-17-13-19-20(14-18(17)16-29-12-2-22)27-10-8-25-6-4-23-3-5-24-7-9-26-19/h13-14,21-22H,1-12,15-16H2. The molecule has 0 unspecified atom stereocenters. The lowest BCUT2D eigenvalue weighted by molar-refractivity contribution is 0.00708. The molecule has 29 heavy (non-hydrogen) atoms. The predicted octanol–water partition coefficient (Wildman–Crippen LogP) is 1.96. The van der Waals surface area contributed by atoms with Crippen molar-refractivity contribution in [1.29, 1.82) is 0 Å². The van der Waals surface area contributed by atoms with Gasteiger partial charge in [-0.1, -0.05) is 0 Å². The number of thioether (sulfide) groups is 2. The van der Waals surface area contributed by atoms with E-state index in [4.69, 9.17) is 33.9 Å². The van der Waals surface area contributed by atoms with E-state index in [0.29, 0.717) is 75.9 Å². The van der Waals surface area contributed by atoms with Gasteiger partial charge in [0.2, 0.25) is 0 Å². The molecule has 0 radical (unpaired) electrons. The lowest BCUT2D eigenvalue weighted by atomic mass is 10.1. The maximum Gasteiger partial charge on any atom is 0.161 e. The van der Waals surface area contributed by atoms with Crippen LogP contribution in [0.25, 0.3) is 0 Å². The average Bonchev–Trinajstić information content (AvgIpc) is 2.73. The Morgan fingerprint density at radius 1 is 0.621 bits per heavy atom. The highest BCUT2D eigenvalue weighted by Gasteiger charge is 2.13. The predicted molar refractivity (Wildman–Crippen MR) is 116 cm³/mol. The lowest BCUT2D eigenvalue weighted by Crippen LogP contribution is -2.13. The van der Waals surface area contributed by atoms with Crippen LogP contribution in [0.5, 0.6) is 11.5 Å². The molecule has 1 aliphatic heterocycles. The van der Waals surface area contributed by atoms with Crippen molar-refractivity contribution in [2.75, 3.05) is 77.6 Å². The fourth-order valence-electron chi connectivity index (χ4n) is 2.59. The number of aliphatic hydroxyl groups excluding tert-OH is 2. The van der Waals surface area contributed by atoms with Crippen LogP contribution in [0.4, 0.5) is 0 Å². The van der Waals surface area contributed by atoms with E-state index in [9.17, 15) is 0 Å². The lowest BCUT2D eigenvalue weighted by Gasteiger charge is -2.18. The van der Waals surface area contributed by atoms with Gasteiger partial charge in [0.25, 0.3) is 0 Å². The highest BCUT2D eigenvalue weighted by atomic mass is 32.2. The Morgan fingerprint density at radius 3 is 1.38 bits per heavy atom. The highest BCUT2D eigenvalue weighted by molar-refractivity contribution is 7.98. The van der Waals surface area contributed by atoms with Crippen molar-refractivity contribution in [3.8, 4) is 11.5 Å². The second-order valence-corrected chi connectivity index (χ2v) is 8.36. The molecule has 0 bridgehead atoms. The molecule has 0 saturated carbocycles. The summed E-state index contributed by atoms with van der Waals surface area (Å²) in [6.07, 6.45) is 0.